The van der Waals surface area contributed by atoms with E-state index in [0.717, 1.165) is 89.9 Å². The number of hydrogen-bond acceptors (Lipinski definition) is 8. The second-order valence-corrected chi connectivity index (χ2v) is 17.8. The first-order valence-corrected chi connectivity index (χ1v) is 23.9. The van der Waals surface area contributed by atoms with Gasteiger partial charge in [-0.2, -0.15) is 0 Å². The number of quaternary nitrogens is 1. The maximum atomic E-state index is 12.5. The summed E-state index contributed by atoms with van der Waals surface area (Å²) in [5.41, 5.74) is 0. The Bertz CT molecular complexity index is 956. The molecule has 0 saturated heterocycles. The number of esters is 1. The monoisotopic (exact) mass is 805 g/mol. The molecule has 0 saturated carbocycles. The fourth-order valence-corrected chi connectivity index (χ4v) is 6.89. The highest BCUT2D eigenvalue weighted by molar-refractivity contribution is 7.47. The Kier molecular flexibility index (Phi) is 37.7. The summed E-state index contributed by atoms with van der Waals surface area (Å²) in [7, 11) is 1.66. The topological polar surface area (TPSA) is 121 Å². The van der Waals surface area contributed by atoms with E-state index in [9.17, 15) is 14.3 Å². The second kappa shape index (κ2) is 38.4. The SMILES string of the molecule is CCCCCCCCCCCCCCCCCC(=O)OC[C@H](COP(=O)(O)OCC[N+](C)(C)C)OCCCCCCCC/C=C/C=C/C(CCCCC)OO. The molecule has 0 aliphatic rings. The molecule has 0 radical (unpaired) electrons. The van der Waals surface area contributed by atoms with Gasteiger partial charge in [-0.1, -0.05) is 173 Å². The van der Waals surface area contributed by atoms with Crippen LogP contribution in [-0.2, 0) is 32.8 Å². The summed E-state index contributed by atoms with van der Waals surface area (Å²) in [6.07, 6.45) is 38.2. The van der Waals surface area contributed by atoms with Crippen LogP contribution >= 0.6 is 7.82 Å². The second-order valence-electron chi connectivity index (χ2n) is 16.3. The van der Waals surface area contributed by atoms with Crippen LogP contribution in [0.3, 0.4) is 0 Å². The lowest BCUT2D eigenvalue weighted by Crippen LogP contribution is -2.37. The molecular weight excluding hydrogens is 717 g/mol. The fraction of sp³-hybridized carbons (Fsp3) is 0.886. The molecule has 11 heteroatoms. The van der Waals surface area contributed by atoms with Gasteiger partial charge in [0, 0.05) is 13.0 Å². The van der Waals surface area contributed by atoms with Crippen molar-refractivity contribution in [1.82, 2.24) is 0 Å². The zero-order valence-electron chi connectivity index (χ0n) is 36.2. The molecule has 55 heavy (non-hydrogen) atoms. The van der Waals surface area contributed by atoms with Crippen molar-refractivity contribution in [3.63, 3.8) is 0 Å². The number of unbranched alkanes of at least 4 members (excludes halogenated alkanes) is 22. The van der Waals surface area contributed by atoms with Crippen molar-refractivity contribution in [1.29, 1.82) is 0 Å². The standard InChI is InChI=1S/C44H86NO9P/c1-6-8-10-11-12-13-14-15-16-17-18-22-25-28-32-36-44(46)51-40-43(41-53-55(48,49)52-39-37-45(3,4)5)50-38-33-29-26-23-20-19-21-24-27-31-35-42(54-47)34-30-9-7-2/h24,27,31,35,42-43H,6-23,25-26,28-30,32-34,36-41H2,1-5H3,(H-,47,48,49)/p+1/b27-24+,35-31+/t42?,43-/m1/s1. The molecule has 0 aromatic rings. The maximum absolute atomic E-state index is 12.5. The van der Waals surface area contributed by atoms with Crippen molar-refractivity contribution >= 4 is 13.8 Å². The number of ether oxygens (including phenoxy) is 2. The number of rotatable bonds is 42. The molecule has 0 rings (SSSR count). The third-order valence-corrected chi connectivity index (χ3v) is 10.8. The van der Waals surface area contributed by atoms with Gasteiger partial charge < -0.3 is 18.9 Å². The predicted molar refractivity (Wildman–Crippen MR) is 227 cm³/mol. The van der Waals surface area contributed by atoms with E-state index < -0.39 is 13.9 Å². The number of carbonyl (C=O) groups excluding carboxylic acids is 1. The van der Waals surface area contributed by atoms with Crippen LogP contribution in [0.15, 0.2) is 24.3 Å². The highest BCUT2D eigenvalue weighted by atomic mass is 31.2. The number of phosphoric ester groups is 1. The van der Waals surface area contributed by atoms with E-state index in [2.05, 4.69) is 24.8 Å². The van der Waals surface area contributed by atoms with Crippen molar-refractivity contribution in [3.8, 4) is 0 Å². The molecular formula is C44H87NO9P+. The van der Waals surface area contributed by atoms with E-state index in [1.807, 2.05) is 39.4 Å². The van der Waals surface area contributed by atoms with Gasteiger partial charge in [-0.25, -0.2) is 9.45 Å². The first-order valence-electron chi connectivity index (χ1n) is 22.4. The smallest absolute Gasteiger partial charge is 0.463 e. The van der Waals surface area contributed by atoms with Crippen LogP contribution in [0.4, 0.5) is 0 Å². The molecule has 0 aromatic carbocycles. The maximum Gasteiger partial charge on any atom is 0.472 e. The van der Waals surface area contributed by atoms with Crippen LogP contribution in [0.2, 0.25) is 0 Å². The normalized spacial score (nSPS) is 14.5. The zero-order chi connectivity index (χ0) is 40.7. The Morgan fingerprint density at radius 1 is 0.655 bits per heavy atom. The number of nitrogens with zero attached hydrogens (tertiary/aromatic N) is 1. The number of carbonyl (C=O) groups is 1. The summed E-state index contributed by atoms with van der Waals surface area (Å²) in [6.45, 7) is 5.30. The van der Waals surface area contributed by atoms with Gasteiger partial charge in [0.1, 0.15) is 32.0 Å². The first kappa shape index (κ1) is 53.9. The van der Waals surface area contributed by atoms with E-state index in [0.29, 0.717) is 24.1 Å². The van der Waals surface area contributed by atoms with Crippen LogP contribution in [0, 0.1) is 0 Å². The van der Waals surface area contributed by atoms with Gasteiger partial charge in [0.15, 0.2) is 0 Å². The highest BCUT2D eigenvalue weighted by Gasteiger charge is 2.25. The molecule has 2 unspecified atom stereocenters. The number of allylic oxidation sites excluding steroid dienone is 3. The fourth-order valence-electron chi connectivity index (χ4n) is 6.15. The van der Waals surface area contributed by atoms with Crippen molar-refractivity contribution in [2.24, 2.45) is 0 Å². The lowest BCUT2D eigenvalue weighted by molar-refractivity contribution is -0.870. The van der Waals surface area contributed by atoms with Gasteiger partial charge in [-0.15, -0.1) is 0 Å². The van der Waals surface area contributed by atoms with Crippen molar-refractivity contribution in [3.05, 3.63) is 24.3 Å². The van der Waals surface area contributed by atoms with E-state index in [1.54, 1.807) is 0 Å². The Hall–Kier alpha value is -1.10. The minimum absolute atomic E-state index is 0.0221. The lowest BCUT2D eigenvalue weighted by atomic mass is 10.0. The minimum atomic E-state index is -4.26. The molecule has 3 atom stereocenters. The van der Waals surface area contributed by atoms with Gasteiger partial charge in [-0.3, -0.25) is 19.1 Å². The summed E-state index contributed by atoms with van der Waals surface area (Å²) in [5, 5.41) is 9.03. The van der Waals surface area contributed by atoms with Crippen molar-refractivity contribution in [2.75, 3.05) is 54.1 Å². The summed E-state index contributed by atoms with van der Waals surface area (Å²) in [6, 6.07) is 0. The van der Waals surface area contributed by atoms with Gasteiger partial charge in [-0.05, 0) is 32.1 Å². The Balaban J connectivity index is 4.30. The van der Waals surface area contributed by atoms with Crippen LogP contribution in [0.5, 0.6) is 0 Å². The average Bonchev–Trinajstić information content (AvgIpc) is 3.14. The van der Waals surface area contributed by atoms with Crippen LogP contribution < -0.4 is 0 Å². The molecule has 0 bridgehead atoms. The van der Waals surface area contributed by atoms with E-state index in [1.165, 1.54) is 77.0 Å². The molecule has 0 spiro atoms. The lowest BCUT2D eigenvalue weighted by Gasteiger charge is -2.24. The van der Waals surface area contributed by atoms with E-state index >= 15 is 0 Å². The quantitative estimate of drug-likeness (QED) is 0.0118. The van der Waals surface area contributed by atoms with Gasteiger partial charge in [0.2, 0.25) is 0 Å². The molecule has 0 aromatic heterocycles. The first-order chi connectivity index (χ1) is 26.5. The molecule has 326 valence electrons. The van der Waals surface area contributed by atoms with Crippen LogP contribution in [0.1, 0.15) is 187 Å². The van der Waals surface area contributed by atoms with E-state index in [4.69, 9.17) is 23.8 Å². The molecule has 2 N–H and O–H groups in total. The molecule has 0 fully saturated rings. The summed E-state index contributed by atoms with van der Waals surface area (Å²) in [5.74, 6) is -0.272. The molecule has 10 nitrogen and oxygen atoms in total. The van der Waals surface area contributed by atoms with Crippen molar-refractivity contribution in [2.45, 2.75) is 199 Å². The van der Waals surface area contributed by atoms with Crippen LogP contribution in [0.25, 0.3) is 0 Å². The van der Waals surface area contributed by atoms with Crippen molar-refractivity contribution < 1.29 is 47.4 Å². The zero-order valence-corrected chi connectivity index (χ0v) is 37.1. The minimum Gasteiger partial charge on any atom is -0.463 e. The highest BCUT2D eigenvalue weighted by Crippen LogP contribution is 2.43. The number of phosphoric acid groups is 1. The Labute approximate surface area is 338 Å². The Morgan fingerprint density at radius 2 is 1.18 bits per heavy atom. The molecule has 0 aliphatic carbocycles. The summed E-state index contributed by atoms with van der Waals surface area (Å²) in [4.78, 5) is 27.2. The average molecular weight is 805 g/mol. The summed E-state index contributed by atoms with van der Waals surface area (Å²) < 4.78 is 35.0. The molecule has 0 heterocycles. The van der Waals surface area contributed by atoms with E-state index in [-0.39, 0.29) is 31.9 Å². The van der Waals surface area contributed by atoms with Crippen LogP contribution in [-0.4, -0.2) is 86.9 Å². The van der Waals surface area contributed by atoms with Gasteiger partial charge in [0.25, 0.3) is 0 Å². The summed E-state index contributed by atoms with van der Waals surface area (Å²) >= 11 is 0. The largest absolute Gasteiger partial charge is 0.472 e. The molecule has 0 amide bonds. The van der Waals surface area contributed by atoms with Gasteiger partial charge in [0.05, 0.1) is 27.7 Å². The predicted octanol–water partition coefficient (Wildman–Crippen LogP) is 12.3. The molecule has 0 aliphatic heterocycles. The Morgan fingerprint density at radius 3 is 1.75 bits per heavy atom. The van der Waals surface area contributed by atoms with Gasteiger partial charge >= 0.3 is 13.8 Å². The number of hydrogen-bond donors (Lipinski definition) is 2. The third-order valence-electron chi connectivity index (χ3n) is 9.77. The number of likely N-dealkylation sites (N-methyl/N-ethyl adjacent to an activating group) is 1. The third kappa shape index (κ3) is 40.9.